The van der Waals surface area contributed by atoms with Gasteiger partial charge >= 0.3 is 0 Å². The number of unbranched alkanes of at least 4 members (excludes halogenated alkanes) is 1. The molecule has 0 atom stereocenters. The van der Waals surface area contributed by atoms with Gasteiger partial charge in [0, 0.05) is 43.5 Å². The molecule has 9 heteroatoms. The van der Waals surface area contributed by atoms with Crippen molar-refractivity contribution in [1.29, 1.82) is 0 Å². The zero-order valence-corrected chi connectivity index (χ0v) is 20.2. The molecule has 0 bridgehead atoms. The van der Waals surface area contributed by atoms with Crippen LogP contribution >= 0.6 is 35.3 Å². The van der Waals surface area contributed by atoms with Crippen molar-refractivity contribution in [3.8, 4) is 0 Å². The molecule has 1 aromatic heterocycles. The maximum absolute atomic E-state index is 11.2. The van der Waals surface area contributed by atoms with Crippen molar-refractivity contribution in [3.05, 3.63) is 16.1 Å². The molecule has 2 rings (SSSR count). The maximum Gasteiger partial charge on any atom is 0.220 e. The number of piperidine rings is 1. The normalized spacial score (nSPS) is 15.9. The topological polar surface area (TPSA) is 95.6 Å². The van der Waals surface area contributed by atoms with Crippen LogP contribution in [0.3, 0.4) is 0 Å². The van der Waals surface area contributed by atoms with Gasteiger partial charge in [-0.1, -0.05) is 6.92 Å². The number of aliphatic imine (C=N–C) groups is 1. The van der Waals surface area contributed by atoms with E-state index >= 15 is 0 Å². The molecular weight excluding hydrogens is 487 g/mol. The fourth-order valence-corrected chi connectivity index (χ4v) is 4.11. The number of nitrogens with two attached hydrogens (primary N) is 1. The summed E-state index contributed by atoms with van der Waals surface area (Å²) < 4.78 is 0. The Balaban J connectivity index is 0.00000392. The SMILES string of the molecule is CCc1cnc(CCNC(=NC)NCCCCN2CCC(C(N)=O)CC2)s1.I. The summed E-state index contributed by atoms with van der Waals surface area (Å²) in [6, 6.07) is 0. The van der Waals surface area contributed by atoms with Gasteiger partial charge in [0.05, 0.1) is 5.01 Å². The van der Waals surface area contributed by atoms with Gasteiger partial charge in [0.25, 0.3) is 0 Å². The van der Waals surface area contributed by atoms with Crippen LogP contribution in [-0.2, 0) is 17.6 Å². The number of aryl methyl sites for hydroxylation is 1. The van der Waals surface area contributed by atoms with E-state index in [2.05, 4.69) is 32.4 Å². The number of hydrogen-bond donors (Lipinski definition) is 3. The Labute approximate surface area is 190 Å². The second-order valence-electron chi connectivity index (χ2n) is 6.98. The summed E-state index contributed by atoms with van der Waals surface area (Å²) in [5.74, 6) is 0.790. The lowest BCUT2D eigenvalue weighted by Crippen LogP contribution is -2.40. The number of amides is 1. The van der Waals surface area contributed by atoms with Crippen molar-refractivity contribution < 1.29 is 4.79 Å². The van der Waals surface area contributed by atoms with Gasteiger partial charge in [0.1, 0.15) is 0 Å². The summed E-state index contributed by atoms with van der Waals surface area (Å²) in [6.07, 6.45) is 8.01. The molecule has 4 N–H and O–H groups in total. The average Bonchev–Trinajstić information content (AvgIpc) is 3.14. The third-order valence-electron chi connectivity index (χ3n) is 4.99. The highest BCUT2D eigenvalue weighted by atomic mass is 127. The van der Waals surface area contributed by atoms with Crippen LogP contribution in [0.15, 0.2) is 11.2 Å². The van der Waals surface area contributed by atoms with E-state index in [9.17, 15) is 4.79 Å². The number of nitrogens with one attached hydrogen (secondary N) is 2. The highest BCUT2D eigenvalue weighted by Gasteiger charge is 2.22. The Morgan fingerprint density at radius 3 is 2.64 bits per heavy atom. The van der Waals surface area contributed by atoms with Gasteiger partial charge in [-0.25, -0.2) is 4.98 Å². The van der Waals surface area contributed by atoms with E-state index in [-0.39, 0.29) is 35.8 Å². The van der Waals surface area contributed by atoms with Gasteiger partial charge < -0.3 is 21.3 Å². The second-order valence-corrected chi connectivity index (χ2v) is 8.17. The number of hydrogen-bond acceptors (Lipinski definition) is 5. The molecule has 1 saturated heterocycles. The first-order chi connectivity index (χ1) is 13.1. The van der Waals surface area contributed by atoms with Gasteiger partial charge in [-0.15, -0.1) is 35.3 Å². The Hall–Kier alpha value is -0.940. The number of likely N-dealkylation sites (tertiary alicyclic amines) is 1. The van der Waals surface area contributed by atoms with Crippen LogP contribution in [0.5, 0.6) is 0 Å². The van der Waals surface area contributed by atoms with Crippen LogP contribution in [-0.4, -0.2) is 61.5 Å². The van der Waals surface area contributed by atoms with Crippen LogP contribution in [0.2, 0.25) is 0 Å². The smallest absolute Gasteiger partial charge is 0.220 e. The molecule has 0 aliphatic carbocycles. The molecule has 28 heavy (non-hydrogen) atoms. The summed E-state index contributed by atoms with van der Waals surface area (Å²) in [7, 11) is 1.80. The van der Waals surface area contributed by atoms with E-state index in [1.807, 2.05) is 6.20 Å². The first kappa shape index (κ1) is 25.1. The van der Waals surface area contributed by atoms with Crippen molar-refractivity contribution in [2.75, 3.05) is 39.8 Å². The lowest BCUT2D eigenvalue weighted by atomic mass is 9.96. The zero-order valence-electron chi connectivity index (χ0n) is 17.1. The van der Waals surface area contributed by atoms with Crippen LogP contribution in [0, 0.1) is 5.92 Å². The van der Waals surface area contributed by atoms with E-state index < -0.39 is 0 Å². The molecule has 0 unspecified atom stereocenters. The van der Waals surface area contributed by atoms with E-state index in [4.69, 9.17) is 5.73 Å². The molecule has 0 radical (unpaired) electrons. The van der Waals surface area contributed by atoms with E-state index in [0.717, 1.165) is 77.2 Å². The third kappa shape index (κ3) is 9.04. The Morgan fingerprint density at radius 1 is 1.32 bits per heavy atom. The van der Waals surface area contributed by atoms with Crippen molar-refractivity contribution in [2.45, 2.75) is 45.4 Å². The third-order valence-corrected chi connectivity index (χ3v) is 6.19. The molecule has 1 aliphatic heterocycles. The van der Waals surface area contributed by atoms with Crippen molar-refractivity contribution in [3.63, 3.8) is 0 Å². The zero-order chi connectivity index (χ0) is 19.5. The number of halogens is 1. The van der Waals surface area contributed by atoms with Gasteiger partial charge in [0.15, 0.2) is 5.96 Å². The predicted molar refractivity (Wildman–Crippen MR) is 128 cm³/mol. The van der Waals surface area contributed by atoms with Crippen molar-refractivity contribution in [2.24, 2.45) is 16.6 Å². The maximum atomic E-state index is 11.2. The number of thiazole rings is 1. The van der Waals surface area contributed by atoms with Gasteiger partial charge in [-0.3, -0.25) is 9.79 Å². The number of rotatable bonds is 10. The van der Waals surface area contributed by atoms with Crippen LogP contribution < -0.4 is 16.4 Å². The largest absolute Gasteiger partial charge is 0.369 e. The van der Waals surface area contributed by atoms with Crippen LogP contribution in [0.4, 0.5) is 0 Å². The summed E-state index contributed by atoms with van der Waals surface area (Å²) >= 11 is 1.79. The van der Waals surface area contributed by atoms with Crippen LogP contribution in [0.1, 0.15) is 42.5 Å². The molecule has 2 heterocycles. The molecular formula is C19H35IN6OS. The van der Waals surface area contributed by atoms with Crippen molar-refractivity contribution in [1.82, 2.24) is 20.5 Å². The number of guanidine groups is 1. The molecule has 0 saturated carbocycles. The van der Waals surface area contributed by atoms with Crippen LogP contribution in [0.25, 0.3) is 0 Å². The summed E-state index contributed by atoms with van der Waals surface area (Å²) in [4.78, 5) is 23.7. The van der Waals surface area contributed by atoms with Gasteiger partial charge in [-0.05, 0) is 51.7 Å². The fourth-order valence-electron chi connectivity index (χ4n) is 3.24. The first-order valence-corrected chi connectivity index (χ1v) is 10.8. The number of carbonyl (C=O) groups is 1. The van der Waals surface area contributed by atoms with E-state index in [1.54, 1.807) is 18.4 Å². The first-order valence-electron chi connectivity index (χ1n) is 10.0. The highest BCUT2D eigenvalue weighted by Crippen LogP contribution is 2.16. The van der Waals surface area contributed by atoms with Gasteiger partial charge in [-0.2, -0.15) is 0 Å². The average molecular weight is 523 g/mol. The minimum absolute atomic E-state index is 0. The van der Waals surface area contributed by atoms with E-state index in [1.165, 1.54) is 9.88 Å². The van der Waals surface area contributed by atoms with Crippen molar-refractivity contribution >= 4 is 47.2 Å². The lowest BCUT2D eigenvalue weighted by molar-refractivity contribution is -0.123. The number of carbonyl (C=O) groups excluding carboxylic acids is 1. The minimum atomic E-state index is -0.140. The number of aromatic nitrogens is 1. The van der Waals surface area contributed by atoms with Gasteiger partial charge in [0.2, 0.25) is 5.91 Å². The fraction of sp³-hybridized carbons (Fsp3) is 0.737. The number of nitrogens with zero attached hydrogens (tertiary/aromatic N) is 3. The monoisotopic (exact) mass is 522 g/mol. The quantitative estimate of drug-likeness (QED) is 0.189. The predicted octanol–water partition coefficient (Wildman–Crippen LogP) is 2.01. The summed E-state index contributed by atoms with van der Waals surface area (Å²) in [5.41, 5.74) is 5.38. The Morgan fingerprint density at radius 2 is 2.04 bits per heavy atom. The molecule has 1 aliphatic rings. The molecule has 1 fully saturated rings. The second kappa shape index (κ2) is 14.1. The molecule has 160 valence electrons. The standard InChI is InChI=1S/C19H34N6OS.HI/c1-3-16-14-24-17(27-16)6-10-23-19(21-2)22-9-4-5-11-25-12-7-15(8-13-25)18(20)26;/h14-15H,3-13H2,1-2H3,(H2,20,26)(H2,21,22,23);1H. The molecule has 0 aromatic carbocycles. The molecule has 7 nitrogen and oxygen atoms in total. The molecule has 1 amide bonds. The Bertz CT molecular complexity index is 601. The minimum Gasteiger partial charge on any atom is -0.369 e. The molecule has 0 spiro atoms. The summed E-state index contributed by atoms with van der Waals surface area (Å²) in [6.45, 7) is 6.97. The molecule has 1 aromatic rings. The lowest BCUT2D eigenvalue weighted by Gasteiger charge is -2.30. The Kier molecular flexibility index (Phi) is 12.6. The van der Waals surface area contributed by atoms with E-state index in [0.29, 0.717) is 0 Å². The highest BCUT2D eigenvalue weighted by molar-refractivity contribution is 14.0. The number of primary amides is 1. The summed E-state index contributed by atoms with van der Waals surface area (Å²) in [5, 5.41) is 7.90.